The van der Waals surface area contributed by atoms with Crippen molar-refractivity contribution in [3.05, 3.63) is 12.3 Å². The van der Waals surface area contributed by atoms with Gasteiger partial charge in [-0.1, -0.05) is 55.4 Å². The second-order valence-corrected chi connectivity index (χ2v) is 19.2. The maximum atomic E-state index is 15.3. The SMILES string of the molecule is COC(=O)C[C@@H]1C(C)(C)[C@H](O)[C@]2(O)[C@H]3OC(=O)[C@H]4[C@@H]5[C@@](C)([C@@H](OC(C)=O)C[C@@]67OC(C)(O[C@]536)O[C@@]2(C)[C@@]17C)[C@@H](OC(=O)C(C)C)C41C=CO[C@H]1OC(=O)C(C)C. The summed E-state index contributed by atoms with van der Waals surface area (Å²) in [4.78, 5) is 69.3. The van der Waals surface area contributed by atoms with Gasteiger partial charge in [0.05, 0.1) is 37.2 Å². The van der Waals surface area contributed by atoms with Crippen LogP contribution >= 0.6 is 0 Å². The number of carbonyl (C=O) groups is 5. The molecule has 0 amide bonds. The molecule has 4 aliphatic heterocycles. The van der Waals surface area contributed by atoms with Crippen molar-refractivity contribution < 1.29 is 76.8 Å². The fourth-order valence-electron chi connectivity index (χ4n) is 13.6. The largest absolute Gasteiger partial charge is 0.469 e. The lowest BCUT2D eigenvalue weighted by atomic mass is 9.29. The van der Waals surface area contributed by atoms with Gasteiger partial charge in [-0.2, -0.15) is 0 Å². The van der Waals surface area contributed by atoms with Crippen LogP contribution in [0.3, 0.4) is 0 Å². The molecule has 0 radical (unpaired) electrons. The number of rotatable bonds is 7. The van der Waals surface area contributed by atoms with Crippen LogP contribution < -0.4 is 0 Å². The first kappa shape index (κ1) is 39.5. The standard InChI is InChI=1S/C40H54O16/c1-17(2)25(43)51-29-33(8)21(50-19(5)41)16-38-34(9)20(15-22(42)48-12)32(6,7)28(46)39(47)30-40(38,56-36(11,55-38)54-35(34,39)10)24(33)23(27(45)52-30)37(29)13-14-49-31(37)53-26(44)18(3)4/h13-14,17-18,20-21,23-24,28-31,46-47H,15-16H2,1-12H3/t20-,21+,23-,24-,28+,29-,30-,31+,33-,34-,35+,36?,37?,38+,39+,40-/m1/s1. The quantitative estimate of drug-likeness (QED) is 0.280. The van der Waals surface area contributed by atoms with Crippen LogP contribution in [0, 0.1) is 51.2 Å². The fourth-order valence-corrected chi connectivity index (χ4v) is 13.6. The first-order valence-electron chi connectivity index (χ1n) is 19.5. The minimum atomic E-state index is -2.44. The van der Waals surface area contributed by atoms with Gasteiger partial charge < -0.3 is 52.8 Å². The van der Waals surface area contributed by atoms with Crippen molar-refractivity contribution in [3.63, 3.8) is 0 Å². The summed E-state index contributed by atoms with van der Waals surface area (Å²) in [5.41, 5.74) is -14.3. The Morgan fingerprint density at radius 3 is 2.14 bits per heavy atom. The molecule has 16 nitrogen and oxygen atoms in total. The lowest BCUT2D eigenvalue weighted by Crippen LogP contribution is -2.98. The molecule has 0 aromatic heterocycles. The minimum absolute atomic E-state index is 0.196. The second kappa shape index (κ2) is 11.2. The van der Waals surface area contributed by atoms with Crippen LogP contribution in [0.4, 0.5) is 0 Å². The van der Waals surface area contributed by atoms with Crippen molar-refractivity contribution in [2.24, 2.45) is 51.2 Å². The lowest BCUT2D eigenvalue weighted by molar-refractivity contribution is -0.506. The molecule has 4 saturated carbocycles. The number of hydrogen-bond acceptors (Lipinski definition) is 16. The van der Waals surface area contributed by atoms with Crippen molar-refractivity contribution in [3.8, 4) is 0 Å². The number of fused-ring (bicyclic) bond motifs is 3. The van der Waals surface area contributed by atoms with E-state index in [9.17, 15) is 29.4 Å². The van der Waals surface area contributed by atoms with E-state index in [1.54, 1.807) is 62.3 Å². The topological polar surface area (TPSA) is 209 Å². The number of ether oxygens (including phenoxy) is 9. The lowest BCUT2D eigenvalue weighted by Gasteiger charge is -2.81. The summed E-state index contributed by atoms with van der Waals surface area (Å²) >= 11 is 0. The fraction of sp³-hybridized carbons (Fsp3) is 0.825. The molecule has 16 heteroatoms. The smallest absolute Gasteiger partial charge is 0.311 e. The Labute approximate surface area is 325 Å². The third kappa shape index (κ3) is 3.92. The van der Waals surface area contributed by atoms with Gasteiger partial charge in [0.1, 0.15) is 34.4 Å². The van der Waals surface area contributed by atoms with Crippen LogP contribution in [0.25, 0.3) is 0 Å². The maximum Gasteiger partial charge on any atom is 0.311 e. The summed E-state index contributed by atoms with van der Waals surface area (Å²) in [6, 6.07) is 0. The number of hydrogen-bond donors (Lipinski definition) is 2. The highest BCUT2D eigenvalue weighted by Crippen LogP contribution is 2.87. The molecule has 8 rings (SSSR count). The normalized spacial score (nSPS) is 52.0. The van der Waals surface area contributed by atoms with Gasteiger partial charge in [0.25, 0.3) is 12.3 Å². The summed E-state index contributed by atoms with van der Waals surface area (Å²) in [5.74, 6) is -10.4. The molecule has 2 N–H and O–H groups in total. The Balaban J connectivity index is 1.49. The van der Waals surface area contributed by atoms with Gasteiger partial charge in [0.15, 0.2) is 11.7 Å². The average molecular weight is 791 g/mol. The monoisotopic (exact) mass is 790 g/mol. The third-order valence-electron chi connectivity index (χ3n) is 15.8. The molecule has 4 heterocycles. The number of aliphatic hydroxyl groups excluding tert-OH is 1. The molecular weight excluding hydrogens is 736 g/mol. The molecule has 3 spiro atoms. The number of carbonyl (C=O) groups excluding carboxylic acids is 5. The Hall–Kier alpha value is -3.31. The van der Waals surface area contributed by atoms with Crippen LogP contribution in [0.5, 0.6) is 0 Å². The first-order valence-corrected chi connectivity index (χ1v) is 19.5. The van der Waals surface area contributed by atoms with Gasteiger partial charge >= 0.3 is 29.8 Å². The number of methoxy groups -OCH3 is 1. The van der Waals surface area contributed by atoms with E-state index in [1.165, 1.54) is 33.3 Å². The zero-order chi connectivity index (χ0) is 41.4. The zero-order valence-corrected chi connectivity index (χ0v) is 34.0. The Morgan fingerprint density at radius 1 is 0.929 bits per heavy atom. The Bertz CT molecular complexity index is 1840. The summed E-state index contributed by atoms with van der Waals surface area (Å²) in [7, 11) is 1.25. The molecular formula is C40H54O16. The second-order valence-electron chi connectivity index (χ2n) is 19.2. The van der Waals surface area contributed by atoms with Crippen molar-refractivity contribution in [1.29, 1.82) is 0 Å². The molecule has 56 heavy (non-hydrogen) atoms. The summed E-state index contributed by atoms with van der Waals surface area (Å²) in [6.45, 7) is 17.8. The number of aliphatic hydroxyl groups is 2. The molecule has 0 aromatic carbocycles. The van der Waals surface area contributed by atoms with Crippen LogP contribution in [-0.4, -0.2) is 106 Å². The van der Waals surface area contributed by atoms with Gasteiger partial charge in [-0.3, -0.25) is 24.0 Å². The highest BCUT2D eigenvalue weighted by Gasteiger charge is 3.03. The molecule has 5 bridgehead atoms. The van der Waals surface area contributed by atoms with Crippen molar-refractivity contribution in [1.82, 2.24) is 0 Å². The van der Waals surface area contributed by atoms with Crippen LogP contribution in [-0.2, 0) is 66.6 Å². The van der Waals surface area contributed by atoms with Gasteiger partial charge in [-0.05, 0) is 24.3 Å². The van der Waals surface area contributed by atoms with Gasteiger partial charge in [-0.15, -0.1) is 0 Å². The molecule has 0 aromatic rings. The Kier molecular flexibility index (Phi) is 7.93. The molecule has 7 fully saturated rings. The Morgan fingerprint density at radius 2 is 1.55 bits per heavy atom. The average Bonchev–Trinajstić information content (AvgIpc) is 3.67. The van der Waals surface area contributed by atoms with E-state index in [4.69, 9.17) is 42.6 Å². The zero-order valence-electron chi connectivity index (χ0n) is 34.0. The molecule has 8 aliphatic rings. The van der Waals surface area contributed by atoms with Gasteiger partial charge in [0, 0.05) is 43.4 Å². The van der Waals surface area contributed by atoms with Crippen LogP contribution in [0.2, 0.25) is 0 Å². The van der Waals surface area contributed by atoms with E-state index >= 15 is 4.79 Å². The van der Waals surface area contributed by atoms with Crippen LogP contribution in [0.1, 0.15) is 89.0 Å². The van der Waals surface area contributed by atoms with Gasteiger partial charge in [-0.25, -0.2) is 0 Å². The molecule has 4 aliphatic carbocycles. The predicted octanol–water partition coefficient (Wildman–Crippen LogP) is 2.44. The molecule has 3 saturated heterocycles. The predicted molar refractivity (Wildman–Crippen MR) is 186 cm³/mol. The maximum absolute atomic E-state index is 15.3. The van der Waals surface area contributed by atoms with E-state index in [2.05, 4.69) is 0 Å². The van der Waals surface area contributed by atoms with Crippen molar-refractivity contribution in [2.45, 2.75) is 148 Å². The molecule has 16 atom stereocenters. The van der Waals surface area contributed by atoms with E-state index in [-0.39, 0.29) is 12.8 Å². The van der Waals surface area contributed by atoms with Crippen molar-refractivity contribution in [2.75, 3.05) is 7.11 Å². The third-order valence-corrected chi connectivity index (χ3v) is 15.8. The summed E-state index contributed by atoms with van der Waals surface area (Å²) < 4.78 is 57.8. The highest BCUT2D eigenvalue weighted by atomic mass is 16.9. The van der Waals surface area contributed by atoms with Crippen molar-refractivity contribution >= 4 is 29.8 Å². The summed E-state index contributed by atoms with van der Waals surface area (Å²) in [5, 5.41) is 26.3. The number of esters is 5. The van der Waals surface area contributed by atoms with E-state index < -0.39 is 140 Å². The van der Waals surface area contributed by atoms with Crippen LogP contribution in [0.15, 0.2) is 12.3 Å². The van der Waals surface area contributed by atoms with E-state index in [0.29, 0.717) is 0 Å². The molecule has 310 valence electrons. The highest BCUT2D eigenvalue weighted by molar-refractivity contribution is 5.81. The molecule has 2 unspecified atom stereocenters. The van der Waals surface area contributed by atoms with E-state index in [1.807, 2.05) is 0 Å². The van der Waals surface area contributed by atoms with Gasteiger partial charge in [0.2, 0.25) is 0 Å². The van der Waals surface area contributed by atoms with E-state index in [0.717, 1.165) is 0 Å². The summed E-state index contributed by atoms with van der Waals surface area (Å²) in [6.07, 6.45) is -5.29. The minimum Gasteiger partial charge on any atom is -0.469 e. The first-order chi connectivity index (χ1) is 25.8.